The van der Waals surface area contributed by atoms with E-state index in [-0.39, 0.29) is 12.6 Å². The van der Waals surface area contributed by atoms with Gasteiger partial charge in [-0.1, -0.05) is 18.2 Å². The van der Waals surface area contributed by atoms with Crippen molar-refractivity contribution in [3.8, 4) is 5.75 Å². The number of methoxy groups -OCH3 is 1. The van der Waals surface area contributed by atoms with Crippen molar-refractivity contribution in [1.29, 1.82) is 0 Å². The Morgan fingerprint density at radius 3 is 2.94 bits per heavy atom. The molecule has 2 atom stereocenters. The van der Waals surface area contributed by atoms with E-state index in [2.05, 4.69) is 11.4 Å². The standard InChI is InChI=1S/C13H19NO2/c1-16-13-8-3-2-6-11(13)12-7-4-5-10(9-15)14-12/h2-3,6,8,10,12,14-15H,4-5,7,9H2,1H3. The topological polar surface area (TPSA) is 41.5 Å². The predicted octanol–water partition coefficient (Wildman–Crippen LogP) is 1.87. The Morgan fingerprint density at radius 1 is 1.38 bits per heavy atom. The monoisotopic (exact) mass is 221 g/mol. The normalized spacial score (nSPS) is 25.4. The van der Waals surface area contributed by atoms with Crippen molar-refractivity contribution in [3.63, 3.8) is 0 Å². The van der Waals surface area contributed by atoms with Crippen LogP contribution in [-0.4, -0.2) is 24.9 Å². The van der Waals surface area contributed by atoms with Crippen LogP contribution in [0.2, 0.25) is 0 Å². The molecule has 1 aliphatic heterocycles. The quantitative estimate of drug-likeness (QED) is 0.818. The number of ether oxygens (including phenoxy) is 1. The first-order valence-corrected chi connectivity index (χ1v) is 5.85. The van der Waals surface area contributed by atoms with Crippen LogP contribution >= 0.6 is 0 Å². The first kappa shape index (κ1) is 11.4. The molecule has 1 aliphatic rings. The van der Waals surface area contributed by atoms with E-state index in [4.69, 9.17) is 4.74 Å². The number of aliphatic hydroxyl groups is 1. The summed E-state index contributed by atoms with van der Waals surface area (Å²) in [5.74, 6) is 0.929. The number of rotatable bonds is 3. The van der Waals surface area contributed by atoms with Crippen molar-refractivity contribution in [1.82, 2.24) is 5.32 Å². The Balaban J connectivity index is 2.16. The molecule has 3 nitrogen and oxygen atoms in total. The Labute approximate surface area is 96.4 Å². The van der Waals surface area contributed by atoms with Crippen molar-refractivity contribution in [2.75, 3.05) is 13.7 Å². The zero-order valence-electron chi connectivity index (χ0n) is 9.65. The number of para-hydroxylation sites is 1. The minimum atomic E-state index is 0.214. The van der Waals surface area contributed by atoms with Crippen LogP contribution in [0.1, 0.15) is 30.9 Å². The van der Waals surface area contributed by atoms with Crippen molar-refractivity contribution >= 4 is 0 Å². The summed E-state index contributed by atoms with van der Waals surface area (Å²) >= 11 is 0. The van der Waals surface area contributed by atoms with E-state index in [1.807, 2.05) is 18.2 Å². The number of aliphatic hydroxyl groups excluding tert-OH is 1. The lowest BCUT2D eigenvalue weighted by molar-refractivity contribution is 0.197. The summed E-state index contributed by atoms with van der Waals surface area (Å²) in [6.45, 7) is 0.214. The highest BCUT2D eigenvalue weighted by Crippen LogP contribution is 2.31. The molecule has 16 heavy (non-hydrogen) atoms. The molecule has 1 saturated heterocycles. The first-order valence-electron chi connectivity index (χ1n) is 5.85. The summed E-state index contributed by atoms with van der Waals surface area (Å²) in [4.78, 5) is 0. The SMILES string of the molecule is COc1ccccc1C1CCCC(CO)N1. The molecular formula is C13H19NO2. The molecule has 1 heterocycles. The Bertz CT molecular complexity index is 340. The summed E-state index contributed by atoms with van der Waals surface area (Å²) in [7, 11) is 1.70. The molecule has 0 aromatic heterocycles. The van der Waals surface area contributed by atoms with Gasteiger partial charge in [0.05, 0.1) is 13.7 Å². The van der Waals surface area contributed by atoms with Gasteiger partial charge in [0.25, 0.3) is 0 Å². The van der Waals surface area contributed by atoms with Gasteiger partial charge in [-0.05, 0) is 25.3 Å². The zero-order valence-corrected chi connectivity index (χ0v) is 9.65. The minimum absolute atomic E-state index is 0.214. The maximum absolute atomic E-state index is 9.19. The van der Waals surface area contributed by atoms with E-state index in [9.17, 15) is 5.11 Å². The van der Waals surface area contributed by atoms with Gasteiger partial charge in [-0.25, -0.2) is 0 Å². The average molecular weight is 221 g/mol. The summed E-state index contributed by atoms with van der Waals surface area (Å²) in [5.41, 5.74) is 1.20. The molecule has 2 unspecified atom stereocenters. The van der Waals surface area contributed by atoms with Gasteiger partial charge < -0.3 is 15.2 Å². The van der Waals surface area contributed by atoms with Gasteiger partial charge in [0.2, 0.25) is 0 Å². The predicted molar refractivity (Wildman–Crippen MR) is 63.6 cm³/mol. The molecule has 1 fully saturated rings. The van der Waals surface area contributed by atoms with Gasteiger partial charge in [-0.3, -0.25) is 0 Å². The molecule has 0 saturated carbocycles. The van der Waals surface area contributed by atoms with Crippen molar-refractivity contribution in [2.24, 2.45) is 0 Å². The van der Waals surface area contributed by atoms with Gasteiger partial charge in [0.15, 0.2) is 0 Å². The largest absolute Gasteiger partial charge is 0.496 e. The zero-order chi connectivity index (χ0) is 11.4. The number of nitrogens with one attached hydrogen (secondary N) is 1. The number of piperidine rings is 1. The van der Waals surface area contributed by atoms with E-state index in [1.54, 1.807) is 7.11 Å². The summed E-state index contributed by atoms with van der Waals surface area (Å²) in [6, 6.07) is 8.62. The molecule has 0 spiro atoms. The second-order valence-corrected chi connectivity index (χ2v) is 4.27. The van der Waals surface area contributed by atoms with E-state index >= 15 is 0 Å². The second kappa shape index (κ2) is 5.32. The third kappa shape index (κ3) is 2.36. The van der Waals surface area contributed by atoms with Crippen LogP contribution in [0.3, 0.4) is 0 Å². The van der Waals surface area contributed by atoms with Crippen molar-refractivity contribution in [3.05, 3.63) is 29.8 Å². The van der Waals surface area contributed by atoms with Gasteiger partial charge in [0, 0.05) is 17.6 Å². The molecule has 1 aromatic rings. The molecule has 2 rings (SSSR count). The van der Waals surface area contributed by atoms with Gasteiger partial charge in [0.1, 0.15) is 5.75 Å². The summed E-state index contributed by atoms with van der Waals surface area (Å²) in [6.07, 6.45) is 3.32. The molecule has 0 aliphatic carbocycles. The lowest BCUT2D eigenvalue weighted by Gasteiger charge is -2.31. The average Bonchev–Trinajstić information content (AvgIpc) is 2.38. The third-order valence-electron chi connectivity index (χ3n) is 3.22. The minimum Gasteiger partial charge on any atom is -0.496 e. The summed E-state index contributed by atoms with van der Waals surface area (Å²) in [5, 5.41) is 12.7. The Morgan fingerprint density at radius 2 is 2.19 bits per heavy atom. The molecule has 0 radical (unpaired) electrons. The third-order valence-corrected chi connectivity index (χ3v) is 3.22. The molecular weight excluding hydrogens is 202 g/mol. The van der Waals surface area contributed by atoms with E-state index in [1.165, 1.54) is 5.56 Å². The lowest BCUT2D eigenvalue weighted by atomic mass is 9.93. The van der Waals surface area contributed by atoms with Crippen LogP contribution < -0.4 is 10.1 Å². The van der Waals surface area contributed by atoms with Crippen LogP contribution in [0.15, 0.2) is 24.3 Å². The van der Waals surface area contributed by atoms with Crippen LogP contribution in [0.25, 0.3) is 0 Å². The first-order chi connectivity index (χ1) is 7.85. The fraction of sp³-hybridized carbons (Fsp3) is 0.538. The van der Waals surface area contributed by atoms with Gasteiger partial charge in [-0.2, -0.15) is 0 Å². The molecule has 0 amide bonds. The smallest absolute Gasteiger partial charge is 0.123 e. The van der Waals surface area contributed by atoms with E-state index in [0.717, 1.165) is 25.0 Å². The van der Waals surface area contributed by atoms with Crippen LogP contribution in [0.5, 0.6) is 5.75 Å². The van der Waals surface area contributed by atoms with E-state index in [0.29, 0.717) is 6.04 Å². The maximum atomic E-state index is 9.19. The van der Waals surface area contributed by atoms with Gasteiger partial charge >= 0.3 is 0 Å². The number of hydrogen-bond donors (Lipinski definition) is 2. The fourth-order valence-corrected chi connectivity index (χ4v) is 2.36. The maximum Gasteiger partial charge on any atom is 0.123 e. The molecule has 1 aromatic carbocycles. The lowest BCUT2D eigenvalue weighted by Crippen LogP contribution is -2.39. The Kier molecular flexibility index (Phi) is 3.80. The Hall–Kier alpha value is -1.06. The number of benzene rings is 1. The molecule has 2 N–H and O–H groups in total. The van der Waals surface area contributed by atoms with Gasteiger partial charge in [-0.15, -0.1) is 0 Å². The highest BCUT2D eigenvalue weighted by atomic mass is 16.5. The van der Waals surface area contributed by atoms with Crippen LogP contribution in [-0.2, 0) is 0 Å². The molecule has 3 heteroatoms. The summed E-state index contributed by atoms with van der Waals surface area (Å²) < 4.78 is 5.36. The highest BCUT2D eigenvalue weighted by molar-refractivity contribution is 5.36. The molecule has 88 valence electrons. The van der Waals surface area contributed by atoms with Crippen molar-refractivity contribution < 1.29 is 9.84 Å². The second-order valence-electron chi connectivity index (χ2n) is 4.27. The van der Waals surface area contributed by atoms with E-state index < -0.39 is 0 Å². The number of hydrogen-bond acceptors (Lipinski definition) is 3. The fourth-order valence-electron chi connectivity index (χ4n) is 2.36. The molecule has 0 bridgehead atoms. The highest BCUT2D eigenvalue weighted by Gasteiger charge is 2.23. The van der Waals surface area contributed by atoms with Crippen molar-refractivity contribution in [2.45, 2.75) is 31.3 Å². The van der Waals surface area contributed by atoms with Crippen LogP contribution in [0, 0.1) is 0 Å². The van der Waals surface area contributed by atoms with Crippen LogP contribution in [0.4, 0.5) is 0 Å².